The van der Waals surface area contributed by atoms with Crippen molar-refractivity contribution in [1.29, 1.82) is 5.26 Å². The molecule has 2 rings (SSSR count). The van der Waals surface area contributed by atoms with E-state index in [1.807, 2.05) is 0 Å². The second-order valence-corrected chi connectivity index (χ2v) is 5.31. The van der Waals surface area contributed by atoms with Crippen molar-refractivity contribution in [3.8, 4) is 6.07 Å². The molecular weight excluding hydrogens is 383 g/mol. The molecule has 0 atom stereocenters. The Morgan fingerprint density at radius 2 is 2.06 bits per heavy atom. The van der Waals surface area contributed by atoms with Crippen LogP contribution in [0.15, 0.2) is 33.3 Å². The Labute approximate surface area is 125 Å². The number of halogens is 3. The van der Waals surface area contributed by atoms with E-state index in [9.17, 15) is 0 Å². The molecule has 7 heteroatoms. The molecule has 0 unspecified atom stereocenters. The van der Waals surface area contributed by atoms with Gasteiger partial charge in [0.2, 0.25) is 5.28 Å². The first-order valence-corrected chi connectivity index (χ1v) is 6.71. The molecule has 18 heavy (non-hydrogen) atoms. The van der Waals surface area contributed by atoms with Crippen LogP contribution in [0.4, 0.5) is 11.5 Å². The van der Waals surface area contributed by atoms with E-state index in [-0.39, 0.29) is 5.28 Å². The van der Waals surface area contributed by atoms with Gasteiger partial charge in [-0.05, 0) is 61.7 Å². The molecule has 4 nitrogen and oxygen atoms in total. The molecule has 2 aromatic rings. The fourth-order valence-corrected chi connectivity index (χ4v) is 2.15. The van der Waals surface area contributed by atoms with E-state index in [2.05, 4.69) is 53.2 Å². The number of anilines is 2. The molecule has 0 saturated carbocycles. The lowest BCUT2D eigenvalue weighted by atomic mass is 10.2. The van der Waals surface area contributed by atoms with Crippen LogP contribution in [0.5, 0.6) is 0 Å². The summed E-state index contributed by atoms with van der Waals surface area (Å²) < 4.78 is 1.46. The van der Waals surface area contributed by atoms with Crippen LogP contribution in [0.25, 0.3) is 0 Å². The first-order chi connectivity index (χ1) is 8.60. The molecule has 0 fully saturated rings. The van der Waals surface area contributed by atoms with Crippen molar-refractivity contribution in [3.05, 3.63) is 44.2 Å². The maximum absolute atomic E-state index is 8.79. The highest BCUT2D eigenvalue weighted by Crippen LogP contribution is 2.29. The Morgan fingerprint density at radius 1 is 1.28 bits per heavy atom. The number of nitrogens with zero attached hydrogens (tertiary/aromatic N) is 3. The first-order valence-electron chi connectivity index (χ1n) is 4.75. The summed E-state index contributed by atoms with van der Waals surface area (Å²) in [4.78, 5) is 7.91. The van der Waals surface area contributed by atoms with Gasteiger partial charge < -0.3 is 5.32 Å². The van der Waals surface area contributed by atoms with Gasteiger partial charge in [0.15, 0.2) is 0 Å². The van der Waals surface area contributed by atoms with Gasteiger partial charge in [-0.15, -0.1) is 0 Å². The molecule has 0 aliphatic heterocycles. The summed E-state index contributed by atoms with van der Waals surface area (Å²) in [5, 5.41) is 12.0. The number of benzene rings is 1. The summed E-state index contributed by atoms with van der Waals surface area (Å²) in [6.07, 6.45) is 1.56. The van der Waals surface area contributed by atoms with Crippen molar-refractivity contribution < 1.29 is 0 Å². The number of nitriles is 1. The first kappa shape index (κ1) is 13.3. The van der Waals surface area contributed by atoms with Gasteiger partial charge in [-0.2, -0.15) is 10.2 Å². The van der Waals surface area contributed by atoms with E-state index >= 15 is 0 Å². The maximum Gasteiger partial charge on any atom is 0.224 e. The Morgan fingerprint density at radius 3 is 2.72 bits per heavy atom. The van der Waals surface area contributed by atoms with Crippen LogP contribution >= 0.6 is 43.5 Å². The molecule has 0 aliphatic rings. The van der Waals surface area contributed by atoms with E-state index in [0.29, 0.717) is 15.9 Å². The van der Waals surface area contributed by atoms with Crippen molar-refractivity contribution in [1.82, 2.24) is 9.97 Å². The van der Waals surface area contributed by atoms with Crippen LogP contribution in [-0.4, -0.2) is 9.97 Å². The van der Waals surface area contributed by atoms with Crippen molar-refractivity contribution >= 4 is 55.0 Å². The monoisotopic (exact) mass is 386 g/mol. The second-order valence-electron chi connectivity index (χ2n) is 3.27. The van der Waals surface area contributed by atoms with Gasteiger partial charge in [-0.3, -0.25) is 0 Å². The standard InChI is InChI=1S/C11H5Br2ClN4/c12-7-3-6(4-15)1-2-9(7)17-10-8(13)5-16-11(14)18-10/h1-3,5H,(H,16,17,18). The molecular formula is C11H5Br2ClN4. The molecule has 90 valence electrons. The van der Waals surface area contributed by atoms with Crippen molar-refractivity contribution in [2.24, 2.45) is 0 Å². The zero-order valence-corrected chi connectivity index (χ0v) is 12.7. The smallest absolute Gasteiger partial charge is 0.224 e. The molecule has 1 aromatic heterocycles. The average Bonchev–Trinajstić information content (AvgIpc) is 2.36. The molecule has 0 radical (unpaired) electrons. The Bertz CT molecular complexity index is 639. The number of rotatable bonds is 2. The minimum absolute atomic E-state index is 0.158. The third-order valence-corrected chi connectivity index (χ3v) is 3.48. The SMILES string of the molecule is N#Cc1ccc(Nc2nc(Cl)ncc2Br)c(Br)c1. The molecule has 0 bridgehead atoms. The molecule has 0 aliphatic carbocycles. The topological polar surface area (TPSA) is 61.6 Å². The molecule has 1 aromatic carbocycles. The minimum atomic E-state index is 0.158. The van der Waals surface area contributed by atoms with Gasteiger partial charge in [-0.25, -0.2) is 4.98 Å². The number of hydrogen-bond acceptors (Lipinski definition) is 4. The van der Waals surface area contributed by atoms with E-state index in [4.69, 9.17) is 16.9 Å². The fraction of sp³-hybridized carbons (Fsp3) is 0. The summed E-state index contributed by atoms with van der Waals surface area (Å²) in [5.74, 6) is 0.556. The molecule has 1 heterocycles. The van der Waals surface area contributed by atoms with Crippen LogP contribution in [0.1, 0.15) is 5.56 Å². The van der Waals surface area contributed by atoms with Crippen LogP contribution in [0.2, 0.25) is 5.28 Å². The Balaban J connectivity index is 2.34. The number of hydrogen-bond donors (Lipinski definition) is 1. The molecule has 0 saturated heterocycles. The summed E-state index contributed by atoms with van der Waals surface area (Å²) in [5.41, 5.74) is 1.36. The summed E-state index contributed by atoms with van der Waals surface area (Å²) in [7, 11) is 0. The van der Waals surface area contributed by atoms with E-state index in [1.54, 1.807) is 24.4 Å². The van der Waals surface area contributed by atoms with E-state index in [0.717, 1.165) is 10.2 Å². The fourth-order valence-electron chi connectivity index (χ4n) is 1.25. The highest BCUT2D eigenvalue weighted by molar-refractivity contribution is 9.11. The number of aromatic nitrogens is 2. The number of nitrogens with one attached hydrogen (secondary N) is 1. The highest BCUT2D eigenvalue weighted by Gasteiger charge is 2.07. The average molecular weight is 388 g/mol. The lowest BCUT2D eigenvalue weighted by Gasteiger charge is -2.09. The van der Waals surface area contributed by atoms with Crippen LogP contribution in [0, 0.1) is 11.3 Å². The second kappa shape index (κ2) is 5.65. The van der Waals surface area contributed by atoms with Gasteiger partial charge >= 0.3 is 0 Å². The summed E-state index contributed by atoms with van der Waals surface area (Å²) in [6.45, 7) is 0. The molecule has 1 N–H and O–H groups in total. The van der Waals surface area contributed by atoms with Crippen molar-refractivity contribution in [3.63, 3.8) is 0 Å². The third-order valence-electron chi connectivity index (χ3n) is 2.07. The van der Waals surface area contributed by atoms with Gasteiger partial charge in [0.1, 0.15) is 5.82 Å². The van der Waals surface area contributed by atoms with Gasteiger partial charge in [-0.1, -0.05) is 0 Å². The quantitative estimate of drug-likeness (QED) is 0.781. The Kier molecular flexibility index (Phi) is 4.17. The van der Waals surface area contributed by atoms with E-state index in [1.165, 1.54) is 0 Å². The predicted molar refractivity (Wildman–Crippen MR) is 76.9 cm³/mol. The largest absolute Gasteiger partial charge is 0.338 e. The van der Waals surface area contributed by atoms with Crippen LogP contribution in [0.3, 0.4) is 0 Å². The maximum atomic E-state index is 8.79. The summed E-state index contributed by atoms with van der Waals surface area (Å²) >= 11 is 12.4. The molecule has 0 spiro atoms. The van der Waals surface area contributed by atoms with Gasteiger partial charge in [0.05, 0.1) is 21.8 Å². The van der Waals surface area contributed by atoms with Crippen molar-refractivity contribution in [2.75, 3.05) is 5.32 Å². The lowest BCUT2D eigenvalue weighted by molar-refractivity contribution is 1.15. The zero-order valence-electron chi connectivity index (χ0n) is 8.78. The zero-order chi connectivity index (χ0) is 13.1. The summed E-state index contributed by atoms with van der Waals surface area (Å²) in [6, 6.07) is 7.28. The normalized spacial score (nSPS) is 9.89. The third kappa shape index (κ3) is 2.99. The minimum Gasteiger partial charge on any atom is -0.338 e. The van der Waals surface area contributed by atoms with Crippen molar-refractivity contribution in [2.45, 2.75) is 0 Å². The van der Waals surface area contributed by atoms with Crippen LogP contribution in [-0.2, 0) is 0 Å². The van der Waals surface area contributed by atoms with Crippen LogP contribution < -0.4 is 5.32 Å². The van der Waals surface area contributed by atoms with Gasteiger partial charge in [0.25, 0.3) is 0 Å². The van der Waals surface area contributed by atoms with E-state index < -0.39 is 0 Å². The predicted octanol–water partition coefficient (Wildman–Crippen LogP) is 4.27. The van der Waals surface area contributed by atoms with Gasteiger partial charge in [0, 0.05) is 10.7 Å². The molecule has 0 amide bonds. The highest BCUT2D eigenvalue weighted by atomic mass is 79.9. The Hall–Kier alpha value is -1.16. The lowest BCUT2D eigenvalue weighted by Crippen LogP contribution is -1.97.